The summed E-state index contributed by atoms with van der Waals surface area (Å²) in [6.45, 7) is 3.24. The summed E-state index contributed by atoms with van der Waals surface area (Å²) in [4.78, 5) is 2.07. The van der Waals surface area contributed by atoms with E-state index in [1.165, 1.54) is 0 Å². The van der Waals surface area contributed by atoms with Crippen molar-refractivity contribution in [3.05, 3.63) is 34.9 Å². The van der Waals surface area contributed by atoms with Crippen LogP contribution in [0, 0.1) is 0 Å². The minimum absolute atomic E-state index is 0.228. The monoisotopic (exact) mass is 313 g/mol. The molecule has 0 radical (unpaired) electrons. The Labute approximate surface area is 131 Å². The van der Waals surface area contributed by atoms with E-state index in [4.69, 9.17) is 21.1 Å². The van der Waals surface area contributed by atoms with E-state index in [9.17, 15) is 5.11 Å². The Kier molecular flexibility index (Phi) is 6.93. The molecule has 0 bridgehead atoms. The van der Waals surface area contributed by atoms with Gasteiger partial charge in [0, 0.05) is 31.3 Å². The maximum absolute atomic E-state index is 10.1. The van der Waals surface area contributed by atoms with E-state index in [-0.39, 0.29) is 6.10 Å². The molecule has 1 unspecified atom stereocenters. The summed E-state index contributed by atoms with van der Waals surface area (Å²) < 4.78 is 11.0. The normalized spacial score (nSPS) is 18.1. The highest BCUT2D eigenvalue weighted by Gasteiger charge is 2.16. The fraction of sp³-hybridized carbons (Fsp3) is 0.625. The Hall–Kier alpha value is -0.650. The van der Waals surface area contributed by atoms with Crippen LogP contribution in [-0.4, -0.2) is 55.6 Å². The number of aliphatic hydroxyl groups is 1. The van der Waals surface area contributed by atoms with E-state index in [2.05, 4.69) is 4.90 Å². The summed E-state index contributed by atoms with van der Waals surface area (Å²) in [5.74, 6) is 0. The minimum Gasteiger partial charge on any atom is -0.389 e. The van der Waals surface area contributed by atoms with Crippen molar-refractivity contribution < 1.29 is 14.6 Å². The van der Waals surface area contributed by atoms with Gasteiger partial charge in [0.1, 0.15) is 0 Å². The first kappa shape index (κ1) is 16.7. The highest BCUT2D eigenvalue weighted by molar-refractivity contribution is 6.30. The van der Waals surface area contributed by atoms with Crippen molar-refractivity contribution >= 4 is 11.6 Å². The predicted octanol–water partition coefficient (Wildman–Crippen LogP) is 2.33. The van der Waals surface area contributed by atoms with Crippen LogP contribution in [0.2, 0.25) is 5.02 Å². The van der Waals surface area contributed by atoms with Crippen LogP contribution in [0.25, 0.3) is 0 Å². The lowest BCUT2D eigenvalue weighted by atomic mass is 10.1. The van der Waals surface area contributed by atoms with Gasteiger partial charge in [-0.3, -0.25) is 4.90 Å². The first-order valence-electron chi connectivity index (χ1n) is 7.44. The van der Waals surface area contributed by atoms with Gasteiger partial charge < -0.3 is 14.6 Å². The van der Waals surface area contributed by atoms with E-state index in [0.717, 1.165) is 43.2 Å². The van der Waals surface area contributed by atoms with E-state index in [1.54, 1.807) is 0 Å². The van der Waals surface area contributed by atoms with Crippen molar-refractivity contribution in [1.82, 2.24) is 4.90 Å². The van der Waals surface area contributed by atoms with Gasteiger partial charge in [0.05, 0.1) is 18.8 Å². The van der Waals surface area contributed by atoms with Gasteiger partial charge in [0.15, 0.2) is 0 Å². The second-order valence-corrected chi connectivity index (χ2v) is 6.06. The average molecular weight is 314 g/mol. The average Bonchev–Trinajstić information content (AvgIpc) is 2.46. The first-order chi connectivity index (χ1) is 10.1. The van der Waals surface area contributed by atoms with E-state index in [1.807, 2.05) is 31.3 Å². The number of likely N-dealkylation sites (N-methyl/N-ethyl adjacent to an activating group) is 1. The molecule has 1 heterocycles. The Morgan fingerprint density at radius 2 is 2.19 bits per heavy atom. The number of aliphatic hydroxyl groups excluding tert-OH is 1. The Morgan fingerprint density at radius 3 is 2.90 bits per heavy atom. The number of nitrogens with zero attached hydrogens (tertiary/aromatic N) is 1. The highest BCUT2D eigenvalue weighted by Crippen LogP contribution is 2.13. The Morgan fingerprint density at radius 1 is 1.43 bits per heavy atom. The van der Waals surface area contributed by atoms with Crippen molar-refractivity contribution in [2.45, 2.75) is 31.6 Å². The third kappa shape index (κ3) is 6.32. The van der Waals surface area contributed by atoms with Crippen molar-refractivity contribution in [2.24, 2.45) is 0 Å². The zero-order chi connectivity index (χ0) is 15.1. The lowest BCUT2D eigenvalue weighted by Gasteiger charge is -2.25. The van der Waals surface area contributed by atoms with Crippen LogP contribution in [0.15, 0.2) is 24.3 Å². The Bertz CT molecular complexity index is 424. The lowest BCUT2D eigenvalue weighted by Crippen LogP contribution is -2.34. The topological polar surface area (TPSA) is 41.9 Å². The molecule has 1 aromatic carbocycles. The minimum atomic E-state index is -0.475. The molecule has 5 heteroatoms. The SMILES string of the molecule is CN(Cc1cccc(Cl)c1)CC(O)COC1CCOCC1. The van der Waals surface area contributed by atoms with E-state index in [0.29, 0.717) is 13.2 Å². The van der Waals surface area contributed by atoms with Crippen LogP contribution in [0.5, 0.6) is 0 Å². The molecule has 1 N–H and O–H groups in total. The van der Waals surface area contributed by atoms with Gasteiger partial charge in [-0.05, 0) is 37.6 Å². The smallest absolute Gasteiger partial charge is 0.0900 e. The standard InChI is InChI=1S/C16H24ClNO3/c1-18(10-13-3-2-4-14(17)9-13)11-15(19)12-21-16-5-7-20-8-6-16/h2-4,9,15-16,19H,5-8,10-12H2,1H3. The third-order valence-corrected chi connectivity index (χ3v) is 3.79. The number of ether oxygens (including phenoxy) is 2. The highest BCUT2D eigenvalue weighted by atomic mass is 35.5. The molecule has 2 rings (SSSR count). The van der Waals surface area contributed by atoms with Crippen LogP contribution >= 0.6 is 11.6 Å². The van der Waals surface area contributed by atoms with Gasteiger partial charge in [-0.2, -0.15) is 0 Å². The first-order valence-corrected chi connectivity index (χ1v) is 7.81. The van der Waals surface area contributed by atoms with Crippen LogP contribution in [0.3, 0.4) is 0 Å². The molecule has 4 nitrogen and oxygen atoms in total. The second-order valence-electron chi connectivity index (χ2n) is 5.63. The largest absolute Gasteiger partial charge is 0.389 e. The van der Waals surface area contributed by atoms with Gasteiger partial charge >= 0.3 is 0 Å². The summed E-state index contributed by atoms with van der Waals surface area (Å²) in [7, 11) is 1.98. The van der Waals surface area contributed by atoms with Crippen molar-refractivity contribution in [2.75, 3.05) is 33.4 Å². The number of rotatable bonds is 7. The predicted molar refractivity (Wildman–Crippen MR) is 83.6 cm³/mol. The van der Waals surface area contributed by atoms with Crippen LogP contribution in [-0.2, 0) is 16.0 Å². The van der Waals surface area contributed by atoms with Gasteiger partial charge in [-0.15, -0.1) is 0 Å². The Balaban J connectivity index is 1.67. The third-order valence-electron chi connectivity index (χ3n) is 3.56. The summed E-state index contributed by atoms with van der Waals surface area (Å²) in [5, 5.41) is 10.8. The lowest BCUT2D eigenvalue weighted by molar-refractivity contribution is -0.0634. The second kappa shape index (κ2) is 8.71. The van der Waals surface area contributed by atoms with Crippen molar-refractivity contribution in [3.8, 4) is 0 Å². The van der Waals surface area contributed by atoms with Crippen molar-refractivity contribution in [1.29, 1.82) is 0 Å². The number of halogens is 1. The summed E-state index contributed by atoms with van der Waals surface area (Å²) in [6.07, 6.45) is 1.60. The molecule has 0 saturated carbocycles. The number of benzene rings is 1. The van der Waals surface area contributed by atoms with Crippen LogP contribution in [0.1, 0.15) is 18.4 Å². The molecular formula is C16H24ClNO3. The van der Waals surface area contributed by atoms with E-state index < -0.39 is 6.10 Å². The molecule has 1 atom stereocenters. The molecule has 0 aromatic heterocycles. The molecule has 1 aliphatic heterocycles. The van der Waals surface area contributed by atoms with Crippen LogP contribution < -0.4 is 0 Å². The fourth-order valence-corrected chi connectivity index (χ4v) is 2.73. The van der Waals surface area contributed by atoms with Gasteiger partial charge in [-0.25, -0.2) is 0 Å². The molecule has 1 aromatic rings. The molecule has 1 fully saturated rings. The molecule has 1 aliphatic rings. The maximum atomic E-state index is 10.1. The molecule has 1 saturated heterocycles. The molecule has 0 spiro atoms. The molecule has 0 aliphatic carbocycles. The number of hydrogen-bond acceptors (Lipinski definition) is 4. The summed E-state index contributed by atoms with van der Waals surface area (Å²) in [5.41, 5.74) is 1.14. The maximum Gasteiger partial charge on any atom is 0.0900 e. The van der Waals surface area contributed by atoms with E-state index >= 15 is 0 Å². The zero-order valence-corrected chi connectivity index (χ0v) is 13.3. The van der Waals surface area contributed by atoms with Gasteiger partial charge in [0.25, 0.3) is 0 Å². The van der Waals surface area contributed by atoms with Gasteiger partial charge in [-0.1, -0.05) is 23.7 Å². The molecule has 21 heavy (non-hydrogen) atoms. The zero-order valence-electron chi connectivity index (χ0n) is 12.5. The molecule has 0 amide bonds. The van der Waals surface area contributed by atoms with Crippen molar-refractivity contribution in [3.63, 3.8) is 0 Å². The molecular weight excluding hydrogens is 290 g/mol. The quantitative estimate of drug-likeness (QED) is 0.839. The van der Waals surface area contributed by atoms with Gasteiger partial charge in [0.2, 0.25) is 0 Å². The molecule has 118 valence electrons. The van der Waals surface area contributed by atoms with Crippen LogP contribution in [0.4, 0.5) is 0 Å². The summed E-state index contributed by atoms with van der Waals surface area (Å²) in [6, 6.07) is 7.79. The number of hydrogen-bond donors (Lipinski definition) is 1. The fourth-order valence-electron chi connectivity index (χ4n) is 2.51. The summed E-state index contributed by atoms with van der Waals surface area (Å²) >= 11 is 5.97.